The summed E-state index contributed by atoms with van der Waals surface area (Å²) in [5.74, 6) is 0. The number of hydrogen-bond acceptors (Lipinski definition) is 2. The van der Waals surface area contributed by atoms with E-state index in [9.17, 15) is 4.79 Å². The van der Waals surface area contributed by atoms with Crippen molar-refractivity contribution >= 4 is 6.09 Å². The van der Waals surface area contributed by atoms with Crippen molar-refractivity contribution < 1.29 is 9.90 Å². The Morgan fingerprint density at radius 2 is 2.50 bits per heavy atom. The summed E-state index contributed by atoms with van der Waals surface area (Å²) in [6, 6.07) is 3.85. The van der Waals surface area contributed by atoms with E-state index in [2.05, 4.69) is 10.3 Å². The molecule has 1 atom stereocenters. The zero-order valence-corrected chi connectivity index (χ0v) is 8.10. The number of pyridine rings is 1. The molecule has 1 amide bonds. The first-order chi connectivity index (χ1) is 6.68. The van der Waals surface area contributed by atoms with Gasteiger partial charge in [0.2, 0.25) is 0 Å². The summed E-state index contributed by atoms with van der Waals surface area (Å²) >= 11 is 0. The largest absolute Gasteiger partial charge is 0.465 e. The number of aryl methyl sites for hydroxylation is 1. The highest BCUT2D eigenvalue weighted by molar-refractivity contribution is 5.64. The second-order valence-electron chi connectivity index (χ2n) is 3.25. The maximum absolute atomic E-state index is 10.3. The van der Waals surface area contributed by atoms with Crippen molar-refractivity contribution in [1.29, 1.82) is 0 Å². The normalized spacial score (nSPS) is 12.1. The fourth-order valence-corrected chi connectivity index (χ4v) is 1.21. The van der Waals surface area contributed by atoms with E-state index in [1.54, 1.807) is 12.4 Å². The minimum absolute atomic E-state index is 0.0206. The Hall–Kier alpha value is -1.58. The third-order valence-electron chi connectivity index (χ3n) is 1.96. The molecule has 0 aliphatic carbocycles. The monoisotopic (exact) mass is 194 g/mol. The van der Waals surface area contributed by atoms with Gasteiger partial charge in [-0.25, -0.2) is 4.79 Å². The van der Waals surface area contributed by atoms with Crippen LogP contribution in [0, 0.1) is 0 Å². The lowest BCUT2D eigenvalue weighted by Gasteiger charge is -2.10. The van der Waals surface area contributed by atoms with Crippen molar-refractivity contribution in [1.82, 2.24) is 10.3 Å². The topological polar surface area (TPSA) is 62.2 Å². The van der Waals surface area contributed by atoms with E-state index in [0.29, 0.717) is 0 Å². The molecular weight excluding hydrogens is 180 g/mol. The standard InChI is InChI=1S/C10H14N2O2/c1-8(12-10(13)14)4-5-9-3-2-6-11-7-9/h2-3,6-8,12H,4-5H2,1H3,(H,13,14). The number of amides is 1. The van der Waals surface area contributed by atoms with Crippen molar-refractivity contribution in [2.24, 2.45) is 0 Å². The molecule has 0 saturated carbocycles. The SMILES string of the molecule is CC(CCc1cccnc1)NC(=O)O. The Bertz CT molecular complexity index is 287. The van der Waals surface area contributed by atoms with Gasteiger partial charge in [0.25, 0.3) is 0 Å². The van der Waals surface area contributed by atoms with E-state index >= 15 is 0 Å². The Kier molecular flexibility index (Phi) is 3.91. The van der Waals surface area contributed by atoms with Crippen LogP contribution in [0.1, 0.15) is 18.9 Å². The molecule has 1 heterocycles. The van der Waals surface area contributed by atoms with Gasteiger partial charge < -0.3 is 10.4 Å². The van der Waals surface area contributed by atoms with Crippen molar-refractivity contribution in [2.75, 3.05) is 0 Å². The number of hydrogen-bond donors (Lipinski definition) is 2. The molecule has 0 aliphatic heterocycles. The Morgan fingerprint density at radius 3 is 3.07 bits per heavy atom. The minimum atomic E-state index is -0.969. The Labute approximate surface area is 83.0 Å². The predicted octanol–water partition coefficient (Wildman–Crippen LogP) is 1.67. The van der Waals surface area contributed by atoms with Crippen LogP contribution in [-0.4, -0.2) is 22.2 Å². The van der Waals surface area contributed by atoms with E-state index < -0.39 is 6.09 Å². The Morgan fingerprint density at radius 1 is 1.71 bits per heavy atom. The fraction of sp³-hybridized carbons (Fsp3) is 0.400. The van der Waals surface area contributed by atoms with Crippen LogP contribution in [0.15, 0.2) is 24.5 Å². The first-order valence-electron chi connectivity index (χ1n) is 4.57. The van der Waals surface area contributed by atoms with Gasteiger partial charge in [0.1, 0.15) is 0 Å². The van der Waals surface area contributed by atoms with Crippen LogP contribution in [0.2, 0.25) is 0 Å². The summed E-state index contributed by atoms with van der Waals surface area (Å²) < 4.78 is 0. The minimum Gasteiger partial charge on any atom is -0.465 e. The smallest absolute Gasteiger partial charge is 0.404 e. The van der Waals surface area contributed by atoms with Crippen LogP contribution in [0.25, 0.3) is 0 Å². The van der Waals surface area contributed by atoms with E-state index in [1.807, 2.05) is 19.1 Å². The first-order valence-corrected chi connectivity index (χ1v) is 4.57. The second kappa shape index (κ2) is 5.21. The van der Waals surface area contributed by atoms with Crippen molar-refractivity contribution in [3.63, 3.8) is 0 Å². The first kappa shape index (κ1) is 10.5. The van der Waals surface area contributed by atoms with Gasteiger partial charge in [0.05, 0.1) is 0 Å². The van der Waals surface area contributed by atoms with Crippen molar-refractivity contribution in [3.8, 4) is 0 Å². The molecule has 4 nitrogen and oxygen atoms in total. The number of nitrogens with one attached hydrogen (secondary N) is 1. The maximum Gasteiger partial charge on any atom is 0.404 e. The lowest BCUT2D eigenvalue weighted by molar-refractivity contribution is 0.190. The molecule has 0 aromatic carbocycles. The quantitative estimate of drug-likeness (QED) is 0.766. The number of carbonyl (C=O) groups is 1. The van der Waals surface area contributed by atoms with E-state index in [0.717, 1.165) is 18.4 Å². The second-order valence-corrected chi connectivity index (χ2v) is 3.25. The van der Waals surface area contributed by atoms with Gasteiger partial charge in [-0.05, 0) is 31.4 Å². The highest BCUT2D eigenvalue weighted by Crippen LogP contribution is 2.02. The summed E-state index contributed by atoms with van der Waals surface area (Å²) in [4.78, 5) is 14.3. The molecule has 4 heteroatoms. The van der Waals surface area contributed by atoms with Crippen molar-refractivity contribution in [2.45, 2.75) is 25.8 Å². The molecule has 0 saturated heterocycles. The van der Waals surface area contributed by atoms with Gasteiger partial charge in [-0.15, -0.1) is 0 Å². The molecular formula is C10H14N2O2. The van der Waals surface area contributed by atoms with Crippen LogP contribution in [0.4, 0.5) is 4.79 Å². The average Bonchev–Trinajstić information content (AvgIpc) is 2.15. The van der Waals surface area contributed by atoms with Gasteiger partial charge in [-0.3, -0.25) is 4.98 Å². The molecule has 0 bridgehead atoms. The summed E-state index contributed by atoms with van der Waals surface area (Å²) in [5.41, 5.74) is 1.13. The van der Waals surface area contributed by atoms with Gasteiger partial charge in [-0.1, -0.05) is 6.07 Å². The third-order valence-corrected chi connectivity index (χ3v) is 1.96. The highest BCUT2D eigenvalue weighted by atomic mass is 16.4. The van der Waals surface area contributed by atoms with E-state index in [4.69, 9.17) is 5.11 Å². The highest BCUT2D eigenvalue weighted by Gasteiger charge is 2.04. The summed E-state index contributed by atoms with van der Waals surface area (Å²) in [5, 5.41) is 10.9. The van der Waals surface area contributed by atoms with E-state index in [-0.39, 0.29) is 6.04 Å². The lowest BCUT2D eigenvalue weighted by Crippen LogP contribution is -2.31. The molecule has 1 aromatic rings. The third kappa shape index (κ3) is 3.89. The van der Waals surface area contributed by atoms with E-state index in [1.165, 1.54) is 0 Å². The zero-order valence-electron chi connectivity index (χ0n) is 8.10. The van der Waals surface area contributed by atoms with Crippen LogP contribution >= 0.6 is 0 Å². The summed E-state index contributed by atoms with van der Waals surface area (Å²) in [6.07, 6.45) is 4.19. The molecule has 0 fully saturated rings. The number of rotatable bonds is 4. The van der Waals surface area contributed by atoms with Gasteiger partial charge in [0.15, 0.2) is 0 Å². The molecule has 14 heavy (non-hydrogen) atoms. The lowest BCUT2D eigenvalue weighted by atomic mass is 10.1. The van der Waals surface area contributed by atoms with Crippen LogP contribution < -0.4 is 5.32 Å². The van der Waals surface area contributed by atoms with Crippen molar-refractivity contribution in [3.05, 3.63) is 30.1 Å². The molecule has 0 spiro atoms. The molecule has 0 radical (unpaired) electrons. The predicted molar refractivity (Wildman–Crippen MR) is 53.2 cm³/mol. The molecule has 1 aromatic heterocycles. The molecule has 76 valence electrons. The molecule has 2 N–H and O–H groups in total. The maximum atomic E-state index is 10.3. The van der Waals surface area contributed by atoms with Gasteiger partial charge >= 0.3 is 6.09 Å². The summed E-state index contributed by atoms with van der Waals surface area (Å²) in [7, 11) is 0. The summed E-state index contributed by atoms with van der Waals surface area (Å²) in [6.45, 7) is 1.85. The van der Waals surface area contributed by atoms with Gasteiger partial charge in [0, 0.05) is 18.4 Å². The van der Waals surface area contributed by atoms with Crippen LogP contribution in [0.5, 0.6) is 0 Å². The Balaban J connectivity index is 2.30. The zero-order chi connectivity index (χ0) is 10.4. The van der Waals surface area contributed by atoms with Gasteiger partial charge in [-0.2, -0.15) is 0 Å². The van der Waals surface area contributed by atoms with Crippen LogP contribution in [-0.2, 0) is 6.42 Å². The number of aromatic nitrogens is 1. The number of nitrogens with zero attached hydrogens (tertiary/aromatic N) is 1. The fourth-order valence-electron chi connectivity index (χ4n) is 1.21. The van der Waals surface area contributed by atoms with Crippen LogP contribution in [0.3, 0.4) is 0 Å². The molecule has 0 aliphatic rings. The molecule has 1 rings (SSSR count). The number of carboxylic acid groups (broad SMARTS) is 1. The molecule has 1 unspecified atom stereocenters. The average molecular weight is 194 g/mol.